The van der Waals surface area contributed by atoms with E-state index in [0.717, 1.165) is 19.3 Å². The standard InChI is InChI=1S/C8H12O2.CH2O3.K.H/c1-6(9)7-4-2-3-5-8(7)10;2-1(3)4;;/h7H,2-5H2,1H3;(H2,2,3,4);;/q;;+1;-1. The van der Waals surface area contributed by atoms with E-state index < -0.39 is 6.16 Å². The molecule has 82 valence electrons. The molecule has 1 aliphatic rings. The van der Waals surface area contributed by atoms with Crippen LogP contribution in [0.2, 0.25) is 0 Å². The second-order valence-electron chi connectivity index (χ2n) is 3.16. The Hall–Kier alpha value is 0.246. The van der Waals surface area contributed by atoms with Crippen molar-refractivity contribution in [3.8, 4) is 0 Å². The van der Waals surface area contributed by atoms with Crippen LogP contribution in [0.3, 0.4) is 0 Å². The van der Waals surface area contributed by atoms with Crippen LogP contribution >= 0.6 is 0 Å². The number of carbonyl (C=O) groups is 3. The van der Waals surface area contributed by atoms with E-state index >= 15 is 0 Å². The van der Waals surface area contributed by atoms with Crippen LogP contribution < -0.4 is 51.4 Å². The van der Waals surface area contributed by atoms with Gasteiger partial charge < -0.3 is 11.6 Å². The van der Waals surface area contributed by atoms with Crippen LogP contribution in [0.25, 0.3) is 0 Å². The van der Waals surface area contributed by atoms with Gasteiger partial charge in [-0.25, -0.2) is 4.79 Å². The quantitative estimate of drug-likeness (QED) is 0.439. The minimum atomic E-state index is -1.83. The zero-order valence-electron chi connectivity index (χ0n) is 10.0. The van der Waals surface area contributed by atoms with Gasteiger partial charge in [-0.15, -0.1) is 0 Å². The Morgan fingerprint density at radius 2 is 1.80 bits per heavy atom. The first-order chi connectivity index (χ1) is 6.45. The van der Waals surface area contributed by atoms with E-state index in [1.165, 1.54) is 6.92 Å². The first kappa shape index (κ1) is 17.6. The summed E-state index contributed by atoms with van der Waals surface area (Å²) in [5, 5.41) is 13.9. The van der Waals surface area contributed by atoms with E-state index in [4.69, 9.17) is 15.0 Å². The molecule has 5 nitrogen and oxygen atoms in total. The van der Waals surface area contributed by atoms with Gasteiger partial charge in [0.25, 0.3) is 0 Å². The molecule has 0 aromatic carbocycles. The van der Waals surface area contributed by atoms with Gasteiger partial charge in [-0.3, -0.25) is 9.59 Å². The molecule has 2 N–H and O–H groups in total. The predicted molar refractivity (Wildman–Crippen MR) is 49.4 cm³/mol. The summed E-state index contributed by atoms with van der Waals surface area (Å²) >= 11 is 0. The third kappa shape index (κ3) is 9.19. The third-order valence-electron chi connectivity index (χ3n) is 2.05. The zero-order valence-corrected chi connectivity index (χ0v) is 12.1. The van der Waals surface area contributed by atoms with Crippen molar-refractivity contribution in [2.45, 2.75) is 32.6 Å². The number of hydrogen-bond acceptors (Lipinski definition) is 3. The van der Waals surface area contributed by atoms with Gasteiger partial charge in [0.05, 0.1) is 5.92 Å². The summed E-state index contributed by atoms with van der Waals surface area (Å²) < 4.78 is 0. The van der Waals surface area contributed by atoms with Crippen molar-refractivity contribution < 1.29 is 77.4 Å². The van der Waals surface area contributed by atoms with Crippen LogP contribution in [0.15, 0.2) is 0 Å². The Morgan fingerprint density at radius 1 is 1.33 bits per heavy atom. The molecule has 1 rings (SSSR count). The smallest absolute Gasteiger partial charge is 1.00 e. The van der Waals surface area contributed by atoms with E-state index in [-0.39, 0.29) is 70.3 Å². The van der Waals surface area contributed by atoms with Crippen molar-refractivity contribution in [1.29, 1.82) is 0 Å². The maximum absolute atomic E-state index is 11.0. The van der Waals surface area contributed by atoms with Crippen molar-refractivity contribution in [2.75, 3.05) is 0 Å². The fourth-order valence-corrected chi connectivity index (χ4v) is 1.41. The minimum Gasteiger partial charge on any atom is -1.00 e. The summed E-state index contributed by atoms with van der Waals surface area (Å²) in [6, 6.07) is 0. The summed E-state index contributed by atoms with van der Waals surface area (Å²) in [5.41, 5.74) is 0. The van der Waals surface area contributed by atoms with Gasteiger partial charge in [0, 0.05) is 6.42 Å². The fourth-order valence-electron chi connectivity index (χ4n) is 1.41. The monoisotopic (exact) mass is 242 g/mol. The molecule has 0 aromatic heterocycles. The number of Topliss-reactive ketones (excluding diaryl/α,β-unsaturated/α-hetero) is 2. The Labute approximate surface area is 132 Å². The summed E-state index contributed by atoms with van der Waals surface area (Å²) in [7, 11) is 0. The number of carboxylic acid groups (broad SMARTS) is 2. The summed E-state index contributed by atoms with van der Waals surface area (Å²) in [4.78, 5) is 30.4. The maximum atomic E-state index is 11.0. The van der Waals surface area contributed by atoms with Crippen LogP contribution in [-0.4, -0.2) is 27.9 Å². The number of ketones is 2. The summed E-state index contributed by atoms with van der Waals surface area (Å²) in [6.07, 6.45) is 1.58. The normalized spacial score (nSPS) is 19.3. The van der Waals surface area contributed by atoms with E-state index in [9.17, 15) is 9.59 Å². The topological polar surface area (TPSA) is 91.7 Å². The first-order valence-corrected chi connectivity index (χ1v) is 4.40. The van der Waals surface area contributed by atoms with E-state index in [1.807, 2.05) is 0 Å². The second kappa shape index (κ2) is 9.47. The molecule has 0 bridgehead atoms. The van der Waals surface area contributed by atoms with Crippen LogP contribution in [0, 0.1) is 5.92 Å². The SMILES string of the molecule is CC(=O)C1CCCCC1=O.O=C(O)O.[H-].[K+]. The molecule has 0 aromatic rings. The molecule has 0 saturated heterocycles. The molecule has 15 heavy (non-hydrogen) atoms. The number of rotatable bonds is 1. The van der Waals surface area contributed by atoms with Crippen LogP contribution in [-0.2, 0) is 9.59 Å². The molecule has 6 heteroatoms. The van der Waals surface area contributed by atoms with Gasteiger partial charge in [0.15, 0.2) is 0 Å². The first-order valence-electron chi connectivity index (χ1n) is 4.40. The Bertz CT molecular complexity index is 240. The van der Waals surface area contributed by atoms with E-state index in [0.29, 0.717) is 6.42 Å². The summed E-state index contributed by atoms with van der Waals surface area (Å²) in [5.74, 6) is -0.0581. The van der Waals surface area contributed by atoms with Gasteiger partial charge in [-0.05, 0) is 19.8 Å². The minimum absolute atomic E-state index is 0. The average Bonchev–Trinajstić information content (AvgIpc) is 2.03. The van der Waals surface area contributed by atoms with Crippen molar-refractivity contribution in [3.05, 3.63) is 0 Å². The van der Waals surface area contributed by atoms with Crippen molar-refractivity contribution >= 4 is 17.7 Å². The van der Waals surface area contributed by atoms with Gasteiger partial charge in [-0.2, -0.15) is 0 Å². The molecular formula is C9H15KO5. The molecule has 0 spiro atoms. The molecule has 1 fully saturated rings. The molecule has 1 saturated carbocycles. The second-order valence-corrected chi connectivity index (χ2v) is 3.16. The molecule has 0 radical (unpaired) electrons. The molecule has 1 aliphatic carbocycles. The Kier molecular flexibility index (Phi) is 11.1. The van der Waals surface area contributed by atoms with Crippen LogP contribution in [0.4, 0.5) is 4.79 Å². The average molecular weight is 242 g/mol. The van der Waals surface area contributed by atoms with Gasteiger partial charge in [0.2, 0.25) is 0 Å². The predicted octanol–water partition coefficient (Wildman–Crippen LogP) is -1.33. The van der Waals surface area contributed by atoms with Crippen LogP contribution in [0.1, 0.15) is 34.0 Å². The zero-order chi connectivity index (χ0) is 11.1. The Balaban J connectivity index is -0.000000249. The van der Waals surface area contributed by atoms with Gasteiger partial charge in [-0.1, -0.05) is 6.42 Å². The fraction of sp³-hybridized carbons (Fsp3) is 0.667. The molecule has 0 heterocycles. The van der Waals surface area contributed by atoms with Gasteiger partial charge >= 0.3 is 57.5 Å². The molecule has 0 aliphatic heterocycles. The number of hydrogen-bond donors (Lipinski definition) is 2. The molecule has 1 unspecified atom stereocenters. The van der Waals surface area contributed by atoms with Crippen molar-refractivity contribution in [3.63, 3.8) is 0 Å². The molecule has 0 amide bonds. The van der Waals surface area contributed by atoms with E-state index in [2.05, 4.69) is 0 Å². The molecular weight excluding hydrogens is 227 g/mol. The number of carbonyl (C=O) groups excluding carboxylic acids is 2. The van der Waals surface area contributed by atoms with Crippen LogP contribution in [0.5, 0.6) is 0 Å². The maximum Gasteiger partial charge on any atom is 1.00 e. The van der Waals surface area contributed by atoms with Gasteiger partial charge in [0.1, 0.15) is 11.6 Å². The van der Waals surface area contributed by atoms with Crippen molar-refractivity contribution in [1.82, 2.24) is 0 Å². The van der Waals surface area contributed by atoms with Crippen molar-refractivity contribution in [2.24, 2.45) is 5.92 Å². The van der Waals surface area contributed by atoms with E-state index in [1.54, 1.807) is 0 Å². The molecule has 1 atom stereocenters. The largest absolute Gasteiger partial charge is 1.00 e. The third-order valence-corrected chi connectivity index (χ3v) is 2.05. The Morgan fingerprint density at radius 3 is 2.07 bits per heavy atom. The summed E-state index contributed by atoms with van der Waals surface area (Å²) in [6.45, 7) is 1.51.